The summed E-state index contributed by atoms with van der Waals surface area (Å²) in [6, 6.07) is 8.35. The summed E-state index contributed by atoms with van der Waals surface area (Å²) in [5.41, 5.74) is 3.08. The van der Waals surface area contributed by atoms with E-state index in [1.165, 1.54) is 5.56 Å². The van der Waals surface area contributed by atoms with E-state index in [0.29, 0.717) is 13.2 Å². The Morgan fingerprint density at radius 1 is 1.00 bits per heavy atom. The Kier molecular flexibility index (Phi) is 4.70. The van der Waals surface area contributed by atoms with Crippen molar-refractivity contribution in [3.8, 4) is 11.4 Å². The van der Waals surface area contributed by atoms with Crippen molar-refractivity contribution in [1.29, 1.82) is 0 Å². The minimum atomic E-state index is -0.0513. The molecule has 28 heavy (non-hydrogen) atoms. The van der Waals surface area contributed by atoms with Crippen LogP contribution >= 0.6 is 0 Å². The first-order chi connectivity index (χ1) is 13.8. The number of ether oxygens (including phenoxy) is 2. The predicted molar refractivity (Wildman–Crippen MR) is 107 cm³/mol. The van der Waals surface area contributed by atoms with E-state index in [1.807, 2.05) is 10.9 Å². The maximum Gasteiger partial charge on any atom is 0.166 e. The lowest BCUT2D eigenvalue weighted by Crippen LogP contribution is -2.37. The number of hydrogen-bond donors (Lipinski definition) is 0. The van der Waals surface area contributed by atoms with Gasteiger partial charge < -0.3 is 14.4 Å². The molecule has 2 aliphatic heterocycles. The fourth-order valence-electron chi connectivity index (χ4n) is 3.89. The first-order valence-electron chi connectivity index (χ1n) is 10.1. The topological polar surface area (TPSA) is 65.3 Å². The monoisotopic (exact) mass is 379 g/mol. The molecule has 0 bridgehead atoms. The normalized spacial score (nSPS) is 20.6. The molecule has 1 atom stereocenters. The molecule has 3 aromatic rings. The molecule has 0 amide bonds. The predicted octanol–water partition coefficient (Wildman–Crippen LogP) is 3.34. The molecule has 1 aromatic carbocycles. The van der Waals surface area contributed by atoms with E-state index in [1.54, 1.807) is 0 Å². The Bertz CT molecular complexity index is 957. The molecule has 0 saturated carbocycles. The van der Waals surface area contributed by atoms with Gasteiger partial charge in [-0.25, -0.2) is 14.6 Å². The second kappa shape index (κ2) is 7.48. The van der Waals surface area contributed by atoms with Crippen molar-refractivity contribution in [2.24, 2.45) is 0 Å². The Morgan fingerprint density at radius 3 is 2.57 bits per heavy atom. The molecule has 0 spiro atoms. The van der Waals surface area contributed by atoms with Gasteiger partial charge in [0.05, 0.1) is 24.8 Å². The van der Waals surface area contributed by atoms with E-state index in [-0.39, 0.29) is 6.23 Å². The van der Waals surface area contributed by atoms with Gasteiger partial charge in [0.2, 0.25) is 0 Å². The molecule has 2 saturated heterocycles. The van der Waals surface area contributed by atoms with E-state index in [4.69, 9.17) is 19.4 Å². The van der Waals surface area contributed by atoms with Crippen molar-refractivity contribution in [3.05, 3.63) is 36.0 Å². The second-order valence-electron chi connectivity index (χ2n) is 7.48. The molecule has 4 heterocycles. The van der Waals surface area contributed by atoms with Gasteiger partial charge in [0.1, 0.15) is 5.82 Å². The van der Waals surface area contributed by atoms with Crippen molar-refractivity contribution in [1.82, 2.24) is 19.7 Å². The molecule has 2 fully saturated rings. The summed E-state index contributed by atoms with van der Waals surface area (Å²) in [6.45, 7) is 5.94. The van der Waals surface area contributed by atoms with Gasteiger partial charge in [-0.15, -0.1) is 0 Å². The van der Waals surface area contributed by atoms with E-state index >= 15 is 0 Å². The van der Waals surface area contributed by atoms with Crippen LogP contribution in [0.4, 0.5) is 5.82 Å². The Labute approximate surface area is 164 Å². The Morgan fingerprint density at radius 2 is 1.82 bits per heavy atom. The SMILES string of the molecule is Cc1ccc(-c2nc(N3CCOCC3)c3cnn(C4CCCCO4)c3n2)cc1. The molecular weight excluding hydrogens is 354 g/mol. The average Bonchev–Trinajstić information content (AvgIpc) is 3.19. The first-order valence-corrected chi connectivity index (χ1v) is 10.1. The van der Waals surface area contributed by atoms with E-state index < -0.39 is 0 Å². The third-order valence-corrected chi connectivity index (χ3v) is 5.48. The van der Waals surface area contributed by atoms with E-state index in [0.717, 1.165) is 67.2 Å². The average molecular weight is 379 g/mol. The largest absolute Gasteiger partial charge is 0.378 e. The van der Waals surface area contributed by atoms with Gasteiger partial charge in [0, 0.05) is 25.3 Å². The van der Waals surface area contributed by atoms with Crippen LogP contribution in [0.25, 0.3) is 22.4 Å². The van der Waals surface area contributed by atoms with Gasteiger partial charge in [-0.2, -0.15) is 5.10 Å². The van der Waals surface area contributed by atoms with Gasteiger partial charge in [-0.05, 0) is 26.2 Å². The first kappa shape index (κ1) is 17.6. The summed E-state index contributed by atoms with van der Waals surface area (Å²) in [7, 11) is 0. The van der Waals surface area contributed by atoms with Gasteiger partial charge in [0.25, 0.3) is 0 Å². The fourth-order valence-corrected chi connectivity index (χ4v) is 3.89. The highest BCUT2D eigenvalue weighted by atomic mass is 16.5. The number of anilines is 1. The molecule has 2 aliphatic rings. The summed E-state index contributed by atoms with van der Waals surface area (Å²) in [6.07, 6.45) is 5.06. The zero-order valence-corrected chi connectivity index (χ0v) is 16.2. The summed E-state index contributed by atoms with van der Waals surface area (Å²) in [5, 5.41) is 5.63. The lowest BCUT2D eigenvalue weighted by molar-refractivity contribution is -0.0370. The number of aromatic nitrogens is 4. The van der Waals surface area contributed by atoms with Gasteiger partial charge in [-0.1, -0.05) is 29.8 Å². The number of aryl methyl sites for hydroxylation is 1. The Hall–Kier alpha value is -2.51. The van der Waals surface area contributed by atoms with Crippen LogP contribution in [0.15, 0.2) is 30.5 Å². The quantitative estimate of drug-likeness (QED) is 0.695. The van der Waals surface area contributed by atoms with E-state index in [2.05, 4.69) is 41.2 Å². The lowest BCUT2D eigenvalue weighted by Gasteiger charge is -2.28. The zero-order valence-electron chi connectivity index (χ0n) is 16.2. The molecule has 0 radical (unpaired) electrons. The van der Waals surface area contributed by atoms with Crippen LogP contribution in [-0.2, 0) is 9.47 Å². The van der Waals surface area contributed by atoms with Crippen molar-refractivity contribution >= 4 is 16.9 Å². The fraction of sp³-hybridized carbons (Fsp3) is 0.476. The number of nitrogens with zero attached hydrogens (tertiary/aromatic N) is 5. The number of rotatable bonds is 3. The molecule has 2 aromatic heterocycles. The van der Waals surface area contributed by atoms with Crippen molar-refractivity contribution < 1.29 is 9.47 Å². The summed E-state index contributed by atoms with van der Waals surface area (Å²) in [5.74, 6) is 1.66. The Balaban J connectivity index is 1.65. The van der Waals surface area contributed by atoms with Crippen molar-refractivity contribution in [2.45, 2.75) is 32.4 Å². The maximum absolute atomic E-state index is 5.98. The van der Waals surface area contributed by atoms with Crippen LogP contribution in [0.2, 0.25) is 0 Å². The second-order valence-corrected chi connectivity index (χ2v) is 7.48. The molecule has 5 rings (SSSR count). The van der Waals surface area contributed by atoms with Crippen LogP contribution in [0.5, 0.6) is 0 Å². The summed E-state index contributed by atoms with van der Waals surface area (Å²) in [4.78, 5) is 12.1. The smallest absolute Gasteiger partial charge is 0.166 e. The number of fused-ring (bicyclic) bond motifs is 1. The third kappa shape index (κ3) is 3.25. The third-order valence-electron chi connectivity index (χ3n) is 5.48. The summed E-state index contributed by atoms with van der Waals surface area (Å²) < 4.78 is 13.5. The lowest BCUT2D eigenvalue weighted by atomic mass is 10.1. The number of morpholine rings is 1. The van der Waals surface area contributed by atoms with Gasteiger partial charge >= 0.3 is 0 Å². The van der Waals surface area contributed by atoms with Crippen molar-refractivity contribution in [3.63, 3.8) is 0 Å². The maximum atomic E-state index is 5.98. The van der Waals surface area contributed by atoms with Crippen LogP contribution in [0, 0.1) is 6.92 Å². The van der Waals surface area contributed by atoms with Crippen molar-refractivity contribution in [2.75, 3.05) is 37.8 Å². The minimum Gasteiger partial charge on any atom is -0.378 e. The van der Waals surface area contributed by atoms with Gasteiger partial charge in [0.15, 0.2) is 17.7 Å². The zero-order chi connectivity index (χ0) is 18.9. The molecular formula is C21H25N5O2. The molecule has 7 heteroatoms. The van der Waals surface area contributed by atoms with E-state index in [9.17, 15) is 0 Å². The number of hydrogen-bond acceptors (Lipinski definition) is 6. The van der Waals surface area contributed by atoms with Crippen LogP contribution < -0.4 is 4.90 Å². The highest BCUT2D eigenvalue weighted by Crippen LogP contribution is 2.31. The standard InChI is InChI=1S/C21H25N5O2/c1-15-5-7-16(8-6-15)19-23-20(25-9-12-27-13-10-25)17-14-22-26(21(17)24-19)18-4-2-3-11-28-18/h5-8,14,18H,2-4,9-13H2,1H3. The van der Waals surface area contributed by atoms with Crippen LogP contribution in [0.3, 0.4) is 0 Å². The highest BCUT2D eigenvalue weighted by Gasteiger charge is 2.24. The molecule has 7 nitrogen and oxygen atoms in total. The molecule has 146 valence electrons. The highest BCUT2D eigenvalue weighted by molar-refractivity contribution is 5.88. The summed E-state index contributed by atoms with van der Waals surface area (Å²) >= 11 is 0. The molecule has 0 aliphatic carbocycles. The van der Waals surface area contributed by atoms with Crippen LogP contribution in [0.1, 0.15) is 31.1 Å². The van der Waals surface area contributed by atoms with Gasteiger partial charge in [-0.3, -0.25) is 0 Å². The minimum absolute atomic E-state index is 0.0513. The molecule has 0 N–H and O–H groups in total. The van der Waals surface area contributed by atoms with Crippen LogP contribution in [-0.4, -0.2) is 52.7 Å². The number of benzene rings is 1. The molecule has 1 unspecified atom stereocenters.